The molecule has 0 aliphatic rings. The quantitative estimate of drug-likeness (QED) is 0.317. The Bertz CT molecular complexity index is 1070. The third-order valence-electron chi connectivity index (χ3n) is 4.90. The van der Waals surface area contributed by atoms with Crippen LogP contribution in [0.5, 0.6) is 0 Å². The molecule has 0 aliphatic heterocycles. The second kappa shape index (κ2) is 9.68. The summed E-state index contributed by atoms with van der Waals surface area (Å²) in [5.74, 6) is 0. The fourth-order valence-electron chi connectivity index (χ4n) is 3.25. The van der Waals surface area contributed by atoms with E-state index in [1.807, 2.05) is 6.07 Å². The molecular weight excluding hydrogens is 364 g/mol. The molecule has 0 radical (unpaired) electrons. The van der Waals surface area contributed by atoms with Crippen LogP contribution in [0.4, 0.5) is 0 Å². The van der Waals surface area contributed by atoms with Crippen molar-refractivity contribution in [1.82, 2.24) is 0 Å². The highest BCUT2D eigenvalue weighted by Gasteiger charge is 1.97. The summed E-state index contributed by atoms with van der Waals surface area (Å²) in [6.45, 7) is 0. The number of hydrogen-bond donors (Lipinski definition) is 0. The standard InChI is InChI=1S/C28H24Si/c1-3-7-23(8-4-1)11-12-24-13-15-25(16-14-24)17-18-26-19-21-28(22-20-26)29-27-9-5-2-6-10-27/h1-22H,29H2. The van der Waals surface area contributed by atoms with Crippen LogP contribution < -0.4 is 10.4 Å². The van der Waals surface area contributed by atoms with Gasteiger partial charge in [-0.15, -0.1) is 0 Å². The molecule has 0 fully saturated rings. The van der Waals surface area contributed by atoms with Gasteiger partial charge in [-0.1, -0.05) is 144 Å². The van der Waals surface area contributed by atoms with Crippen LogP contribution in [0.1, 0.15) is 22.3 Å². The Morgan fingerprint density at radius 3 is 1.17 bits per heavy atom. The van der Waals surface area contributed by atoms with Crippen molar-refractivity contribution in [2.45, 2.75) is 0 Å². The highest BCUT2D eigenvalue weighted by atomic mass is 28.2. The van der Waals surface area contributed by atoms with Crippen LogP contribution in [-0.2, 0) is 0 Å². The maximum Gasteiger partial charge on any atom is 0.0875 e. The molecule has 29 heavy (non-hydrogen) atoms. The van der Waals surface area contributed by atoms with Gasteiger partial charge in [0.15, 0.2) is 0 Å². The van der Waals surface area contributed by atoms with Crippen molar-refractivity contribution >= 4 is 44.2 Å². The topological polar surface area (TPSA) is 0 Å². The fraction of sp³-hybridized carbons (Fsp3) is 0. The molecule has 0 bridgehead atoms. The smallest absolute Gasteiger partial charge is 0.0633 e. The van der Waals surface area contributed by atoms with Gasteiger partial charge in [0.1, 0.15) is 0 Å². The van der Waals surface area contributed by atoms with Gasteiger partial charge < -0.3 is 0 Å². The molecule has 1 heteroatoms. The Hall–Kier alpha value is -3.42. The van der Waals surface area contributed by atoms with Gasteiger partial charge in [-0.05, 0) is 22.3 Å². The molecule has 0 aliphatic carbocycles. The fourth-order valence-corrected chi connectivity index (χ4v) is 4.70. The molecule has 4 rings (SSSR count). The van der Waals surface area contributed by atoms with Gasteiger partial charge in [0.05, 0.1) is 9.52 Å². The van der Waals surface area contributed by atoms with Gasteiger partial charge in [0.2, 0.25) is 0 Å². The van der Waals surface area contributed by atoms with Gasteiger partial charge in [-0.2, -0.15) is 0 Å². The molecule has 0 aromatic heterocycles. The first-order valence-corrected chi connectivity index (χ1v) is 11.4. The minimum Gasteiger partial charge on any atom is -0.0633 e. The third kappa shape index (κ3) is 5.77. The maximum atomic E-state index is 2.27. The molecule has 0 saturated heterocycles. The Morgan fingerprint density at radius 2 is 0.690 bits per heavy atom. The van der Waals surface area contributed by atoms with Gasteiger partial charge in [0.25, 0.3) is 0 Å². The van der Waals surface area contributed by atoms with Crippen molar-refractivity contribution in [1.29, 1.82) is 0 Å². The summed E-state index contributed by atoms with van der Waals surface area (Å²) in [5, 5.41) is 2.96. The summed E-state index contributed by atoms with van der Waals surface area (Å²) in [4.78, 5) is 0. The summed E-state index contributed by atoms with van der Waals surface area (Å²) < 4.78 is 0. The van der Waals surface area contributed by atoms with Gasteiger partial charge in [-0.3, -0.25) is 0 Å². The van der Waals surface area contributed by atoms with Crippen LogP contribution in [0.3, 0.4) is 0 Å². The minimum absolute atomic E-state index is 0.375. The molecule has 4 aromatic rings. The van der Waals surface area contributed by atoms with Gasteiger partial charge in [-0.25, -0.2) is 0 Å². The van der Waals surface area contributed by atoms with E-state index in [9.17, 15) is 0 Å². The largest absolute Gasteiger partial charge is 0.0875 e. The Morgan fingerprint density at radius 1 is 0.345 bits per heavy atom. The van der Waals surface area contributed by atoms with Crippen molar-refractivity contribution in [3.05, 3.63) is 131 Å². The van der Waals surface area contributed by atoms with Crippen LogP contribution >= 0.6 is 0 Å². The molecule has 0 N–H and O–H groups in total. The van der Waals surface area contributed by atoms with Crippen LogP contribution in [0.25, 0.3) is 24.3 Å². The van der Waals surface area contributed by atoms with Crippen molar-refractivity contribution in [3.8, 4) is 0 Å². The van der Waals surface area contributed by atoms with Gasteiger partial charge in [0, 0.05) is 0 Å². The van der Waals surface area contributed by atoms with Crippen molar-refractivity contribution in [2.75, 3.05) is 0 Å². The summed E-state index contributed by atoms with van der Waals surface area (Å²) in [7, 11) is -0.375. The first kappa shape index (κ1) is 18.9. The minimum atomic E-state index is -0.375. The molecule has 0 saturated carbocycles. The first-order chi connectivity index (χ1) is 14.3. The lowest BCUT2D eigenvalue weighted by atomic mass is 10.1. The van der Waals surface area contributed by atoms with E-state index in [4.69, 9.17) is 0 Å². The van der Waals surface area contributed by atoms with E-state index in [0.29, 0.717) is 0 Å². The Labute approximate surface area is 175 Å². The van der Waals surface area contributed by atoms with Crippen LogP contribution in [0.2, 0.25) is 0 Å². The van der Waals surface area contributed by atoms with E-state index < -0.39 is 0 Å². The molecule has 140 valence electrons. The molecule has 0 spiro atoms. The van der Waals surface area contributed by atoms with E-state index in [0.717, 1.165) is 0 Å². The van der Waals surface area contributed by atoms with Crippen LogP contribution in [-0.4, -0.2) is 9.52 Å². The molecule has 0 unspecified atom stereocenters. The van der Waals surface area contributed by atoms with Crippen molar-refractivity contribution in [3.63, 3.8) is 0 Å². The van der Waals surface area contributed by atoms with Gasteiger partial charge >= 0.3 is 0 Å². The van der Waals surface area contributed by atoms with Crippen LogP contribution in [0.15, 0.2) is 109 Å². The number of hydrogen-bond acceptors (Lipinski definition) is 0. The molecule has 0 nitrogen and oxygen atoms in total. The average molecular weight is 389 g/mol. The highest BCUT2D eigenvalue weighted by molar-refractivity contribution is 6.67. The third-order valence-corrected chi connectivity index (χ3v) is 6.66. The Balaban J connectivity index is 1.37. The van der Waals surface area contributed by atoms with E-state index in [1.165, 1.54) is 32.6 Å². The first-order valence-electron chi connectivity index (χ1n) is 9.99. The van der Waals surface area contributed by atoms with Crippen LogP contribution in [0, 0.1) is 0 Å². The Kier molecular flexibility index (Phi) is 6.31. The second-order valence-electron chi connectivity index (χ2n) is 7.15. The molecule has 0 atom stereocenters. The lowest BCUT2D eigenvalue weighted by Gasteiger charge is -2.02. The highest BCUT2D eigenvalue weighted by Crippen LogP contribution is 2.12. The maximum absolute atomic E-state index is 2.27. The predicted molar refractivity (Wildman–Crippen MR) is 131 cm³/mol. The van der Waals surface area contributed by atoms with Crippen molar-refractivity contribution < 1.29 is 0 Å². The summed E-state index contributed by atoms with van der Waals surface area (Å²) >= 11 is 0. The predicted octanol–water partition coefficient (Wildman–Crippen LogP) is 5.15. The zero-order valence-corrected chi connectivity index (χ0v) is 17.8. The van der Waals surface area contributed by atoms with E-state index in [1.54, 1.807) is 0 Å². The zero-order chi connectivity index (χ0) is 19.7. The summed E-state index contributed by atoms with van der Waals surface area (Å²) in [6.07, 6.45) is 8.65. The lowest BCUT2D eigenvalue weighted by molar-refractivity contribution is 1.62. The normalized spacial score (nSPS) is 11.7. The molecule has 0 heterocycles. The monoisotopic (exact) mass is 388 g/mol. The summed E-state index contributed by atoms with van der Waals surface area (Å²) in [6, 6.07) is 38.8. The van der Waals surface area contributed by atoms with E-state index >= 15 is 0 Å². The number of rotatable bonds is 6. The average Bonchev–Trinajstić information content (AvgIpc) is 2.79. The summed E-state index contributed by atoms with van der Waals surface area (Å²) in [5.41, 5.74) is 4.88. The second-order valence-corrected chi connectivity index (χ2v) is 9.13. The SMILES string of the molecule is C(=Cc1ccc(C=Cc2ccc([SiH2]c3ccccc3)cc2)cc1)c1ccccc1. The van der Waals surface area contributed by atoms with Crippen molar-refractivity contribution in [2.24, 2.45) is 0 Å². The molecular formula is C28H24Si. The lowest BCUT2D eigenvalue weighted by Crippen LogP contribution is -2.26. The molecule has 0 amide bonds. The molecule has 4 aromatic carbocycles. The van der Waals surface area contributed by atoms with E-state index in [-0.39, 0.29) is 9.52 Å². The van der Waals surface area contributed by atoms with E-state index in [2.05, 4.69) is 127 Å². The number of benzene rings is 4. The zero-order valence-electron chi connectivity index (χ0n) is 16.4.